The zero-order valence-electron chi connectivity index (χ0n) is 10.7. The molecule has 1 heterocycles. The van der Waals surface area contributed by atoms with E-state index < -0.39 is 30.0 Å². The third-order valence-electron chi connectivity index (χ3n) is 3.57. The van der Waals surface area contributed by atoms with Crippen LogP contribution in [-0.4, -0.2) is 18.3 Å². The maximum absolute atomic E-state index is 13.8. The Hall–Kier alpha value is -0.455. The highest BCUT2D eigenvalue weighted by atomic mass is 79.9. The lowest BCUT2D eigenvalue weighted by Crippen LogP contribution is -2.41. The Kier molecular flexibility index (Phi) is 3.32. The van der Waals surface area contributed by atoms with E-state index in [0.29, 0.717) is 0 Å². The number of halogens is 3. The average molecular weight is 319 g/mol. The molecule has 0 radical (unpaired) electrons. The Labute approximate surface area is 114 Å². The first-order valence-electron chi connectivity index (χ1n) is 5.65. The van der Waals surface area contributed by atoms with Crippen LogP contribution in [0, 0.1) is 11.6 Å². The van der Waals surface area contributed by atoms with Gasteiger partial charge in [-0.2, -0.15) is 0 Å². The quantitative estimate of drug-likeness (QED) is 0.585. The molecular formula is C12H14BBrF2O2. The molecular weight excluding hydrogens is 305 g/mol. The molecule has 0 unspecified atom stereocenters. The summed E-state index contributed by atoms with van der Waals surface area (Å²) in [5.74, 6) is -1.09. The molecule has 0 amide bonds. The number of hydrogen-bond acceptors (Lipinski definition) is 2. The van der Waals surface area contributed by atoms with Crippen LogP contribution in [0.3, 0.4) is 0 Å². The van der Waals surface area contributed by atoms with Gasteiger partial charge in [-0.25, -0.2) is 8.78 Å². The average Bonchev–Trinajstić information content (AvgIpc) is 2.43. The van der Waals surface area contributed by atoms with Gasteiger partial charge in [-0.3, -0.25) is 0 Å². The van der Waals surface area contributed by atoms with Crippen molar-refractivity contribution in [3.63, 3.8) is 0 Å². The topological polar surface area (TPSA) is 18.5 Å². The van der Waals surface area contributed by atoms with Crippen molar-refractivity contribution >= 4 is 28.5 Å². The molecule has 0 aliphatic carbocycles. The zero-order valence-corrected chi connectivity index (χ0v) is 12.3. The maximum atomic E-state index is 13.8. The minimum absolute atomic E-state index is 0.0426. The van der Waals surface area contributed by atoms with Gasteiger partial charge in [0.25, 0.3) is 0 Å². The van der Waals surface area contributed by atoms with Crippen molar-refractivity contribution in [1.82, 2.24) is 0 Å². The van der Waals surface area contributed by atoms with E-state index in [2.05, 4.69) is 15.9 Å². The van der Waals surface area contributed by atoms with Crippen LogP contribution in [0.2, 0.25) is 0 Å². The summed E-state index contributed by atoms with van der Waals surface area (Å²) in [6, 6.07) is 2.13. The summed E-state index contributed by atoms with van der Waals surface area (Å²) in [5, 5.41) is 0. The van der Waals surface area contributed by atoms with Crippen LogP contribution in [0.25, 0.3) is 0 Å². The first-order valence-corrected chi connectivity index (χ1v) is 6.44. The van der Waals surface area contributed by atoms with Crippen LogP contribution >= 0.6 is 15.9 Å². The van der Waals surface area contributed by atoms with Gasteiger partial charge < -0.3 is 9.31 Å². The summed E-state index contributed by atoms with van der Waals surface area (Å²) in [6.45, 7) is 7.44. The summed E-state index contributed by atoms with van der Waals surface area (Å²) in [5.41, 5.74) is -1.11. The third kappa shape index (κ3) is 2.10. The van der Waals surface area contributed by atoms with E-state index in [0.717, 1.165) is 12.1 Å². The molecule has 98 valence electrons. The predicted octanol–water partition coefficient (Wildman–Crippen LogP) is 3.03. The molecule has 0 bridgehead atoms. The largest absolute Gasteiger partial charge is 0.499 e. The molecule has 0 N–H and O–H groups in total. The first kappa shape index (κ1) is 14.0. The normalized spacial score (nSPS) is 21.4. The van der Waals surface area contributed by atoms with Crippen LogP contribution in [0.1, 0.15) is 27.7 Å². The standard InChI is InChI=1S/C12H14BBrF2O2/c1-11(2)12(3,4)18-13(17-11)9-7(15)5-6-8(16)10(9)14/h5-6H,1-4H3. The fourth-order valence-electron chi connectivity index (χ4n) is 1.72. The zero-order chi connectivity index (χ0) is 13.7. The lowest BCUT2D eigenvalue weighted by Gasteiger charge is -2.32. The second-order valence-corrected chi connectivity index (χ2v) is 6.14. The Morgan fingerprint density at radius 2 is 1.44 bits per heavy atom. The monoisotopic (exact) mass is 318 g/mol. The Morgan fingerprint density at radius 1 is 1.00 bits per heavy atom. The van der Waals surface area contributed by atoms with E-state index in [-0.39, 0.29) is 9.94 Å². The van der Waals surface area contributed by atoms with Crippen LogP contribution in [-0.2, 0) is 9.31 Å². The molecule has 1 saturated heterocycles. The van der Waals surface area contributed by atoms with Gasteiger partial charge in [0.05, 0.1) is 15.7 Å². The summed E-state index contributed by atoms with van der Waals surface area (Å²) in [6.07, 6.45) is 0. The minimum atomic E-state index is -0.917. The Morgan fingerprint density at radius 3 is 1.94 bits per heavy atom. The molecule has 1 aromatic carbocycles. The van der Waals surface area contributed by atoms with Gasteiger partial charge in [0.15, 0.2) is 0 Å². The minimum Gasteiger partial charge on any atom is -0.399 e. The molecule has 0 saturated carbocycles. The second kappa shape index (κ2) is 4.29. The molecule has 1 aliphatic heterocycles. The Balaban J connectivity index is 2.44. The van der Waals surface area contributed by atoms with Crippen molar-refractivity contribution < 1.29 is 18.1 Å². The van der Waals surface area contributed by atoms with Crippen LogP contribution < -0.4 is 5.46 Å². The molecule has 0 spiro atoms. The predicted molar refractivity (Wildman–Crippen MR) is 69.8 cm³/mol. The smallest absolute Gasteiger partial charge is 0.399 e. The Bertz CT molecular complexity index is 475. The fourth-order valence-corrected chi connectivity index (χ4v) is 2.23. The second-order valence-electron chi connectivity index (χ2n) is 5.35. The fraction of sp³-hybridized carbons (Fsp3) is 0.500. The molecule has 18 heavy (non-hydrogen) atoms. The van der Waals surface area contributed by atoms with Crippen molar-refractivity contribution in [2.24, 2.45) is 0 Å². The van der Waals surface area contributed by atoms with E-state index in [1.807, 2.05) is 27.7 Å². The number of hydrogen-bond donors (Lipinski definition) is 0. The molecule has 2 rings (SSSR count). The molecule has 0 aromatic heterocycles. The molecule has 1 fully saturated rings. The highest BCUT2D eigenvalue weighted by Gasteiger charge is 2.53. The SMILES string of the molecule is CC1(C)OB(c2c(F)ccc(F)c2Br)OC1(C)C. The summed E-state index contributed by atoms with van der Waals surface area (Å²) in [7, 11) is -0.917. The van der Waals surface area contributed by atoms with E-state index in [4.69, 9.17) is 9.31 Å². The van der Waals surface area contributed by atoms with Crippen molar-refractivity contribution in [3.05, 3.63) is 28.2 Å². The van der Waals surface area contributed by atoms with Crippen molar-refractivity contribution in [1.29, 1.82) is 0 Å². The van der Waals surface area contributed by atoms with Gasteiger partial charge in [0.1, 0.15) is 11.6 Å². The molecule has 0 atom stereocenters. The van der Waals surface area contributed by atoms with Gasteiger partial charge in [0.2, 0.25) is 0 Å². The molecule has 2 nitrogen and oxygen atoms in total. The van der Waals surface area contributed by atoms with Gasteiger partial charge in [0, 0.05) is 5.46 Å². The van der Waals surface area contributed by atoms with E-state index >= 15 is 0 Å². The van der Waals surface area contributed by atoms with Gasteiger partial charge >= 0.3 is 7.12 Å². The lowest BCUT2D eigenvalue weighted by atomic mass is 9.78. The maximum Gasteiger partial charge on any atom is 0.499 e. The van der Waals surface area contributed by atoms with E-state index in [9.17, 15) is 8.78 Å². The van der Waals surface area contributed by atoms with Crippen molar-refractivity contribution in [2.75, 3.05) is 0 Å². The van der Waals surface area contributed by atoms with E-state index in [1.54, 1.807) is 0 Å². The van der Waals surface area contributed by atoms with Crippen molar-refractivity contribution in [2.45, 2.75) is 38.9 Å². The third-order valence-corrected chi connectivity index (χ3v) is 4.37. The van der Waals surface area contributed by atoms with Gasteiger partial charge in [-0.15, -0.1) is 0 Å². The number of benzene rings is 1. The first-order chi connectivity index (χ1) is 8.16. The van der Waals surface area contributed by atoms with Crippen molar-refractivity contribution in [3.8, 4) is 0 Å². The highest BCUT2D eigenvalue weighted by molar-refractivity contribution is 9.10. The summed E-state index contributed by atoms with van der Waals surface area (Å²) in [4.78, 5) is 0. The molecule has 6 heteroatoms. The van der Waals surface area contributed by atoms with E-state index in [1.165, 1.54) is 0 Å². The van der Waals surface area contributed by atoms with Gasteiger partial charge in [-0.1, -0.05) is 0 Å². The van der Waals surface area contributed by atoms with Crippen LogP contribution in [0.5, 0.6) is 0 Å². The highest BCUT2D eigenvalue weighted by Crippen LogP contribution is 2.37. The van der Waals surface area contributed by atoms with Crippen LogP contribution in [0.15, 0.2) is 16.6 Å². The van der Waals surface area contributed by atoms with Crippen LogP contribution in [0.4, 0.5) is 8.78 Å². The summed E-state index contributed by atoms with van der Waals surface area (Å²) >= 11 is 3.04. The lowest BCUT2D eigenvalue weighted by molar-refractivity contribution is 0.00578. The van der Waals surface area contributed by atoms with Gasteiger partial charge in [-0.05, 0) is 55.8 Å². The molecule has 1 aliphatic rings. The number of rotatable bonds is 1. The molecule has 1 aromatic rings. The summed E-state index contributed by atoms with van der Waals surface area (Å²) < 4.78 is 38.8.